The van der Waals surface area contributed by atoms with Crippen LogP contribution in [0.2, 0.25) is 0 Å². The van der Waals surface area contributed by atoms with Crippen molar-refractivity contribution >= 4 is 11.8 Å². The lowest BCUT2D eigenvalue weighted by molar-refractivity contribution is -0.137. The summed E-state index contributed by atoms with van der Waals surface area (Å²) in [6.45, 7) is 3.09. The molecule has 0 aliphatic carbocycles. The zero-order valence-electron chi connectivity index (χ0n) is 12.2. The van der Waals surface area contributed by atoms with E-state index in [1.165, 1.54) is 0 Å². The summed E-state index contributed by atoms with van der Waals surface area (Å²) in [7, 11) is 0. The Labute approximate surface area is 124 Å². The number of hydrogen-bond donors (Lipinski definition) is 2. The highest BCUT2D eigenvalue weighted by Crippen LogP contribution is 2.19. The van der Waals surface area contributed by atoms with Gasteiger partial charge in [0.25, 0.3) is 5.91 Å². The molecule has 0 radical (unpaired) electrons. The number of nitrogens with one attached hydrogen (secondary N) is 1. The average Bonchev–Trinajstić information content (AvgIpc) is 2.53. The summed E-state index contributed by atoms with van der Waals surface area (Å²) in [6, 6.07) is 7.60. The van der Waals surface area contributed by atoms with Crippen molar-refractivity contribution in [1.29, 1.82) is 0 Å². The van der Waals surface area contributed by atoms with Gasteiger partial charge < -0.3 is 9.64 Å². The van der Waals surface area contributed by atoms with E-state index in [1.54, 1.807) is 4.90 Å². The number of carbonyl (C=O) groups excluding carboxylic acids is 2. The van der Waals surface area contributed by atoms with Crippen LogP contribution < -0.4 is 16.0 Å². The van der Waals surface area contributed by atoms with E-state index in [-0.39, 0.29) is 24.3 Å². The highest BCUT2D eigenvalue weighted by molar-refractivity contribution is 5.80. The van der Waals surface area contributed by atoms with Crippen LogP contribution >= 0.6 is 0 Å². The molecule has 21 heavy (non-hydrogen) atoms. The van der Waals surface area contributed by atoms with Crippen molar-refractivity contribution in [2.24, 2.45) is 11.8 Å². The van der Waals surface area contributed by atoms with Crippen molar-refractivity contribution in [1.82, 2.24) is 10.3 Å². The van der Waals surface area contributed by atoms with Gasteiger partial charge in [0.15, 0.2) is 6.61 Å². The van der Waals surface area contributed by atoms with Crippen LogP contribution in [0.1, 0.15) is 18.4 Å². The molecule has 1 heterocycles. The van der Waals surface area contributed by atoms with Gasteiger partial charge in [0.1, 0.15) is 5.75 Å². The smallest absolute Gasteiger partial charge is 0.260 e. The standard InChI is InChI=1S/C15H21N3O3/c1-11-4-2-3-5-13(11)21-10-14(19)18-8-6-12(7-9-18)15(20)17-16/h2-5,12H,6-10,16H2,1H3,(H,17,20). The second-order valence-corrected chi connectivity index (χ2v) is 5.22. The third-order valence-electron chi connectivity index (χ3n) is 3.81. The number of likely N-dealkylation sites (tertiary alicyclic amines) is 1. The van der Waals surface area contributed by atoms with Crippen molar-refractivity contribution in [3.8, 4) is 5.75 Å². The summed E-state index contributed by atoms with van der Waals surface area (Å²) in [5.74, 6) is 5.54. The Bertz CT molecular complexity index is 511. The molecule has 3 N–H and O–H groups in total. The highest BCUT2D eigenvalue weighted by Gasteiger charge is 2.26. The Balaban J connectivity index is 1.80. The molecule has 1 aromatic carbocycles. The van der Waals surface area contributed by atoms with Gasteiger partial charge in [0.05, 0.1) is 0 Å². The SMILES string of the molecule is Cc1ccccc1OCC(=O)N1CCC(C(=O)NN)CC1. The third kappa shape index (κ3) is 3.95. The van der Waals surface area contributed by atoms with Gasteiger partial charge in [-0.1, -0.05) is 18.2 Å². The number of hydrogen-bond acceptors (Lipinski definition) is 4. The maximum absolute atomic E-state index is 12.1. The normalized spacial score (nSPS) is 15.6. The molecule has 2 amide bonds. The number of carbonyl (C=O) groups is 2. The van der Waals surface area contributed by atoms with Gasteiger partial charge in [0, 0.05) is 19.0 Å². The molecule has 2 rings (SSSR count). The summed E-state index contributed by atoms with van der Waals surface area (Å²) >= 11 is 0. The van der Waals surface area contributed by atoms with E-state index < -0.39 is 0 Å². The van der Waals surface area contributed by atoms with E-state index in [1.807, 2.05) is 31.2 Å². The first kappa shape index (κ1) is 15.3. The zero-order valence-corrected chi connectivity index (χ0v) is 12.2. The van der Waals surface area contributed by atoms with Crippen LogP contribution in [0.3, 0.4) is 0 Å². The zero-order chi connectivity index (χ0) is 15.2. The van der Waals surface area contributed by atoms with E-state index >= 15 is 0 Å². The molecular weight excluding hydrogens is 270 g/mol. The van der Waals surface area contributed by atoms with E-state index in [9.17, 15) is 9.59 Å². The number of nitrogens with two attached hydrogens (primary N) is 1. The molecule has 0 bridgehead atoms. The van der Waals surface area contributed by atoms with Crippen LogP contribution in [-0.2, 0) is 9.59 Å². The van der Waals surface area contributed by atoms with Crippen LogP contribution in [0.4, 0.5) is 0 Å². The molecule has 0 spiro atoms. The molecule has 0 unspecified atom stereocenters. The average molecular weight is 291 g/mol. The topological polar surface area (TPSA) is 84.7 Å². The lowest BCUT2D eigenvalue weighted by Crippen LogP contribution is -2.45. The molecule has 6 heteroatoms. The summed E-state index contributed by atoms with van der Waals surface area (Å²) < 4.78 is 5.56. The fourth-order valence-electron chi connectivity index (χ4n) is 2.46. The Hall–Kier alpha value is -2.08. The molecule has 1 aliphatic heterocycles. The lowest BCUT2D eigenvalue weighted by Gasteiger charge is -2.31. The minimum Gasteiger partial charge on any atom is -0.484 e. The van der Waals surface area contributed by atoms with Crippen molar-refractivity contribution in [3.05, 3.63) is 29.8 Å². The van der Waals surface area contributed by atoms with Gasteiger partial charge in [-0.3, -0.25) is 15.0 Å². The summed E-state index contributed by atoms with van der Waals surface area (Å²) in [4.78, 5) is 25.3. The number of benzene rings is 1. The minimum atomic E-state index is -0.154. The Morgan fingerprint density at radius 2 is 2.00 bits per heavy atom. The molecule has 1 aliphatic rings. The molecular formula is C15H21N3O3. The Morgan fingerprint density at radius 3 is 2.62 bits per heavy atom. The Morgan fingerprint density at radius 1 is 1.33 bits per heavy atom. The van der Waals surface area contributed by atoms with Gasteiger partial charge in [-0.2, -0.15) is 0 Å². The van der Waals surface area contributed by atoms with E-state index in [2.05, 4.69) is 5.43 Å². The highest BCUT2D eigenvalue weighted by atomic mass is 16.5. The van der Waals surface area contributed by atoms with Crippen LogP contribution in [-0.4, -0.2) is 36.4 Å². The monoisotopic (exact) mass is 291 g/mol. The maximum Gasteiger partial charge on any atom is 0.260 e. The number of piperidine rings is 1. The fraction of sp³-hybridized carbons (Fsp3) is 0.467. The van der Waals surface area contributed by atoms with E-state index in [0.717, 1.165) is 11.3 Å². The van der Waals surface area contributed by atoms with Gasteiger partial charge >= 0.3 is 0 Å². The van der Waals surface area contributed by atoms with E-state index in [4.69, 9.17) is 10.6 Å². The Kier molecular flexibility index (Phi) is 5.16. The first-order valence-corrected chi connectivity index (χ1v) is 7.08. The number of rotatable bonds is 4. The first-order valence-electron chi connectivity index (χ1n) is 7.08. The molecule has 1 aromatic rings. The second-order valence-electron chi connectivity index (χ2n) is 5.22. The van der Waals surface area contributed by atoms with Crippen LogP contribution in [0.15, 0.2) is 24.3 Å². The van der Waals surface area contributed by atoms with Gasteiger partial charge in [-0.05, 0) is 31.4 Å². The van der Waals surface area contributed by atoms with Gasteiger partial charge in [-0.15, -0.1) is 0 Å². The summed E-state index contributed by atoms with van der Waals surface area (Å²) in [6.07, 6.45) is 1.28. The minimum absolute atomic E-state index is 0.0264. The predicted octanol–water partition coefficient (Wildman–Crippen LogP) is 0.602. The number of aryl methyl sites for hydroxylation is 1. The van der Waals surface area contributed by atoms with Crippen molar-refractivity contribution in [2.75, 3.05) is 19.7 Å². The molecule has 114 valence electrons. The van der Waals surface area contributed by atoms with Gasteiger partial charge in [0.2, 0.25) is 5.91 Å². The molecule has 6 nitrogen and oxygen atoms in total. The number of ether oxygens (including phenoxy) is 1. The predicted molar refractivity (Wildman–Crippen MR) is 78.3 cm³/mol. The van der Waals surface area contributed by atoms with Crippen molar-refractivity contribution in [3.63, 3.8) is 0 Å². The molecule has 0 aromatic heterocycles. The number of amides is 2. The lowest BCUT2D eigenvalue weighted by atomic mass is 9.96. The molecule has 1 fully saturated rings. The first-order chi connectivity index (χ1) is 10.1. The number of nitrogens with zero attached hydrogens (tertiary/aromatic N) is 1. The quantitative estimate of drug-likeness (QED) is 0.483. The van der Waals surface area contributed by atoms with Crippen LogP contribution in [0, 0.1) is 12.8 Å². The van der Waals surface area contributed by atoms with Crippen molar-refractivity contribution in [2.45, 2.75) is 19.8 Å². The third-order valence-corrected chi connectivity index (χ3v) is 3.81. The second kappa shape index (κ2) is 7.08. The largest absolute Gasteiger partial charge is 0.484 e. The maximum atomic E-state index is 12.1. The molecule has 1 saturated heterocycles. The number of para-hydroxylation sites is 1. The fourth-order valence-corrected chi connectivity index (χ4v) is 2.46. The molecule has 0 saturated carbocycles. The van der Waals surface area contributed by atoms with Gasteiger partial charge in [-0.25, -0.2) is 5.84 Å². The van der Waals surface area contributed by atoms with Crippen LogP contribution in [0.5, 0.6) is 5.75 Å². The molecule has 0 atom stereocenters. The number of hydrazine groups is 1. The van der Waals surface area contributed by atoms with E-state index in [0.29, 0.717) is 25.9 Å². The summed E-state index contributed by atoms with van der Waals surface area (Å²) in [5.41, 5.74) is 3.17. The van der Waals surface area contributed by atoms with Crippen LogP contribution in [0.25, 0.3) is 0 Å². The van der Waals surface area contributed by atoms with Crippen molar-refractivity contribution < 1.29 is 14.3 Å². The summed E-state index contributed by atoms with van der Waals surface area (Å²) in [5, 5.41) is 0.